The van der Waals surface area contributed by atoms with Gasteiger partial charge in [0.1, 0.15) is 5.78 Å². The van der Waals surface area contributed by atoms with Crippen LogP contribution in [-0.4, -0.2) is 5.78 Å². The maximum Gasteiger partial charge on any atom is 0.193 e. The largest absolute Gasteiger partial charge is 0.619 e. The molecule has 14 heavy (non-hydrogen) atoms. The molecule has 0 aliphatic carbocycles. The Kier molecular flexibility index (Phi) is 3.63. The maximum atomic E-state index is 11.3. The fraction of sp³-hybridized carbons (Fsp3) is 0.455. The van der Waals surface area contributed by atoms with Crippen LogP contribution in [0.25, 0.3) is 0 Å². The highest BCUT2D eigenvalue weighted by molar-refractivity contribution is 5.78. The molecule has 1 atom stereocenters. The lowest BCUT2D eigenvalue weighted by Gasteiger charge is -2.10. The zero-order valence-electron chi connectivity index (χ0n) is 8.56. The molecule has 3 heteroatoms. The first-order valence-electron chi connectivity index (χ1n) is 4.82. The number of rotatable bonds is 4. The summed E-state index contributed by atoms with van der Waals surface area (Å²) in [6, 6.07) is 5.26. The maximum absolute atomic E-state index is 11.3. The third-order valence-corrected chi connectivity index (χ3v) is 2.43. The lowest BCUT2D eigenvalue weighted by atomic mass is 9.96. The van der Waals surface area contributed by atoms with Gasteiger partial charge >= 0.3 is 0 Å². The average Bonchev–Trinajstić information content (AvgIpc) is 2.16. The number of ketones is 1. The molecular weight excluding hydrogens is 178 g/mol. The molecule has 0 aliphatic rings. The van der Waals surface area contributed by atoms with E-state index in [9.17, 15) is 10.0 Å². The number of carbonyl (C=O) groups is 1. The molecule has 0 amide bonds. The average molecular weight is 193 g/mol. The van der Waals surface area contributed by atoms with Gasteiger partial charge in [-0.2, -0.15) is 4.73 Å². The van der Waals surface area contributed by atoms with E-state index < -0.39 is 0 Å². The van der Waals surface area contributed by atoms with Gasteiger partial charge in [0.25, 0.3) is 0 Å². The zero-order chi connectivity index (χ0) is 10.6. The molecule has 3 nitrogen and oxygen atoms in total. The zero-order valence-corrected chi connectivity index (χ0v) is 8.56. The highest BCUT2D eigenvalue weighted by atomic mass is 16.5. The van der Waals surface area contributed by atoms with Gasteiger partial charge in [0.15, 0.2) is 11.9 Å². The van der Waals surface area contributed by atoms with Gasteiger partial charge in [-0.25, -0.2) is 0 Å². The molecule has 0 unspecified atom stereocenters. The molecule has 1 aromatic heterocycles. The number of hydrogen-bond acceptors (Lipinski definition) is 2. The van der Waals surface area contributed by atoms with Crippen LogP contribution in [0.5, 0.6) is 0 Å². The number of Topliss-reactive ketones (excluding diaryl/α,β-unsaturated/α-hetero) is 1. The topological polar surface area (TPSA) is 44.0 Å². The molecule has 76 valence electrons. The Morgan fingerprint density at radius 2 is 2.29 bits per heavy atom. The standard InChI is InChI=1S/C11H15NO2/c1-3-10(9(2)13)8-11-6-4-5-7-12(11)14/h4-7,10H,3,8H2,1-2H3/t10-/m0/s1. The summed E-state index contributed by atoms with van der Waals surface area (Å²) in [7, 11) is 0. The van der Waals surface area contributed by atoms with Crippen LogP contribution in [-0.2, 0) is 11.2 Å². The van der Waals surface area contributed by atoms with E-state index in [0.29, 0.717) is 12.1 Å². The Labute approximate surface area is 84.0 Å². The molecule has 0 radical (unpaired) electrons. The number of aromatic nitrogens is 1. The van der Waals surface area contributed by atoms with Crippen LogP contribution in [0.3, 0.4) is 0 Å². The second-order valence-corrected chi connectivity index (χ2v) is 3.44. The summed E-state index contributed by atoms with van der Waals surface area (Å²) >= 11 is 0. The van der Waals surface area contributed by atoms with Crippen LogP contribution < -0.4 is 4.73 Å². The third-order valence-electron chi connectivity index (χ3n) is 2.43. The van der Waals surface area contributed by atoms with Gasteiger partial charge in [0.05, 0.1) is 0 Å². The smallest absolute Gasteiger partial charge is 0.193 e. The first-order valence-corrected chi connectivity index (χ1v) is 4.82. The SMILES string of the molecule is CC[C@@H](Cc1cccc[n+]1[O-])C(C)=O. The summed E-state index contributed by atoms with van der Waals surface area (Å²) < 4.78 is 0.825. The first kappa shape index (κ1) is 10.7. The van der Waals surface area contributed by atoms with Crippen molar-refractivity contribution in [3.63, 3.8) is 0 Å². The van der Waals surface area contributed by atoms with Crippen molar-refractivity contribution in [2.24, 2.45) is 5.92 Å². The molecule has 0 aromatic carbocycles. The molecule has 0 N–H and O–H groups in total. The fourth-order valence-corrected chi connectivity index (χ4v) is 1.45. The molecule has 0 spiro atoms. The molecule has 0 bridgehead atoms. The molecule has 1 heterocycles. The third kappa shape index (κ3) is 2.55. The summed E-state index contributed by atoms with van der Waals surface area (Å²) in [5, 5.41) is 11.3. The Morgan fingerprint density at radius 1 is 1.57 bits per heavy atom. The Hall–Kier alpha value is -1.38. The van der Waals surface area contributed by atoms with Crippen LogP contribution in [0.15, 0.2) is 24.4 Å². The van der Waals surface area contributed by atoms with Gasteiger partial charge < -0.3 is 5.21 Å². The van der Waals surface area contributed by atoms with Gasteiger partial charge in [-0.1, -0.05) is 13.0 Å². The van der Waals surface area contributed by atoms with Crippen molar-refractivity contribution in [1.29, 1.82) is 0 Å². The van der Waals surface area contributed by atoms with Gasteiger partial charge in [0.2, 0.25) is 0 Å². The quantitative estimate of drug-likeness (QED) is 0.537. The lowest BCUT2D eigenvalue weighted by molar-refractivity contribution is -0.614. The summed E-state index contributed by atoms with van der Waals surface area (Å²) in [5.41, 5.74) is 0.662. The van der Waals surface area contributed by atoms with E-state index in [2.05, 4.69) is 0 Å². The van der Waals surface area contributed by atoms with Crippen LogP contribution >= 0.6 is 0 Å². The Morgan fingerprint density at radius 3 is 2.79 bits per heavy atom. The van der Waals surface area contributed by atoms with Crippen molar-refractivity contribution >= 4 is 5.78 Å². The second-order valence-electron chi connectivity index (χ2n) is 3.44. The summed E-state index contributed by atoms with van der Waals surface area (Å²) in [6.07, 6.45) is 2.78. The van der Waals surface area contributed by atoms with E-state index in [1.807, 2.05) is 13.0 Å². The highest BCUT2D eigenvalue weighted by Crippen LogP contribution is 2.10. The van der Waals surface area contributed by atoms with Crippen LogP contribution in [0.4, 0.5) is 0 Å². The summed E-state index contributed by atoms with van der Waals surface area (Å²) in [4.78, 5) is 11.2. The normalized spacial score (nSPS) is 12.4. The molecule has 1 rings (SSSR count). The first-order chi connectivity index (χ1) is 6.65. The van der Waals surface area contributed by atoms with Crippen molar-refractivity contribution in [3.8, 4) is 0 Å². The van der Waals surface area contributed by atoms with Gasteiger partial charge in [-0.05, 0) is 13.3 Å². The van der Waals surface area contributed by atoms with E-state index in [1.165, 1.54) is 6.20 Å². The molecule has 1 aromatic rings. The van der Waals surface area contributed by atoms with Crippen LogP contribution in [0.2, 0.25) is 0 Å². The highest BCUT2D eigenvalue weighted by Gasteiger charge is 2.16. The van der Waals surface area contributed by atoms with E-state index in [0.717, 1.165) is 11.2 Å². The second kappa shape index (κ2) is 4.74. The monoisotopic (exact) mass is 193 g/mol. The Bertz CT molecular complexity index is 323. The fourth-order valence-electron chi connectivity index (χ4n) is 1.45. The summed E-state index contributed by atoms with van der Waals surface area (Å²) in [5.74, 6) is 0.119. The van der Waals surface area contributed by atoms with Crippen LogP contribution in [0, 0.1) is 11.1 Å². The Balaban J connectivity index is 2.77. The minimum atomic E-state index is -0.0300. The number of nitrogens with zero attached hydrogens (tertiary/aromatic N) is 1. The predicted molar refractivity (Wildman–Crippen MR) is 53.6 cm³/mol. The van der Waals surface area contributed by atoms with E-state index in [1.54, 1.807) is 19.1 Å². The van der Waals surface area contributed by atoms with Gasteiger partial charge in [0, 0.05) is 24.5 Å². The number of pyridine rings is 1. The van der Waals surface area contributed by atoms with Crippen molar-refractivity contribution in [3.05, 3.63) is 35.3 Å². The number of carbonyl (C=O) groups excluding carboxylic acids is 1. The lowest BCUT2D eigenvalue weighted by Crippen LogP contribution is -2.33. The minimum absolute atomic E-state index is 0.0300. The van der Waals surface area contributed by atoms with Gasteiger partial charge in [-0.15, -0.1) is 0 Å². The molecule has 0 fully saturated rings. The van der Waals surface area contributed by atoms with E-state index in [4.69, 9.17) is 0 Å². The molecule has 0 saturated heterocycles. The molecular formula is C11H15NO2. The molecule has 0 aliphatic heterocycles. The van der Waals surface area contributed by atoms with Crippen LogP contribution in [0.1, 0.15) is 26.0 Å². The summed E-state index contributed by atoms with van der Waals surface area (Å²) in [6.45, 7) is 3.54. The molecule has 0 saturated carbocycles. The van der Waals surface area contributed by atoms with Crippen molar-refractivity contribution in [1.82, 2.24) is 0 Å². The van der Waals surface area contributed by atoms with E-state index >= 15 is 0 Å². The minimum Gasteiger partial charge on any atom is -0.619 e. The number of hydrogen-bond donors (Lipinski definition) is 0. The van der Waals surface area contributed by atoms with Crippen molar-refractivity contribution in [2.75, 3.05) is 0 Å². The van der Waals surface area contributed by atoms with Gasteiger partial charge in [-0.3, -0.25) is 4.79 Å². The van der Waals surface area contributed by atoms with Crippen molar-refractivity contribution in [2.45, 2.75) is 26.7 Å². The van der Waals surface area contributed by atoms with Crippen molar-refractivity contribution < 1.29 is 9.52 Å². The predicted octanol–water partition coefficient (Wildman–Crippen LogP) is 1.48. The van der Waals surface area contributed by atoms with E-state index in [-0.39, 0.29) is 11.7 Å².